The zero-order valence-corrected chi connectivity index (χ0v) is 15.3. The molecule has 1 aromatic carbocycles. The van der Waals surface area contributed by atoms with Crippen LogP contribution in [0.2, 0.25) is 0 Å². The molecule has 1 saturated heterocycles. The molecule has 2 aromatic heterocycles. The highest BCUT2D eigenvalue weighted by Gasteiger charge is 2.30. The molecule has 1 fully saturated rings. The number of aromatic amines is 1. The summed E-state index contributed by atoms with van der Waals surface area (Å²) in [5, 5.41) is 15.1. The lowest BCUT2D eigenvalue weighted by Gasteiger charge is -2.22. The molecule has 5 rings (SSSR count). The molecule has 0 radical (unpaired) electrons. The Kier molecular flexibility index (Phi) is 4.41. The standard InChI is InChI=1S/C21H23N5O/c1-3-8-14(9-4-1)18-15-10-5-2-6-11-16(15)22-20(17-12-7-13-27-17)19(18)21-23-25-26-24-21/h1,3-4,8-9,17H,2,5-7,10-13H2,(H,23,24,25,26)/t17-/m1/s1. The minimum atomic E-state index is 0.00881. The number of H-pyrrole nitrogens is 1. The van der Waals surface area contributed by atoms with Crippen LogP contribution >= 0.6 is 0 Å². The van der Waals surface area contributed by atoms with Gasteiger partial charge in [-0.1, -0.05) is 36.8 Å². The highest BCUT2D eigenvalue weighted by Crippen LogP contribution is 2.43. The molecule has 138 valence electrons. The van der Waals surface area contributed by atoms with Crippen molar-refractivity contribution in [3.8, 4) is 22.5 Å². The Labute approximate surface area is 158 Å². The summed E-state index contributed by atoms with van der Waals surface area (Å²) in [4.78, 5) is 5.15. The fourth-order valence-electron chi connectivity index (χ4n) is 4.38. The Morgan fingerprint density at radius 2 is 1.85 bits per heavy atom. The molecule has 6 heteroatoms. The molecule has 0 unspecified atom stereocenters. The first-order valence-electron chi connectivity index (χ1n) is 9.88. The van der Waals surface area contributed by atoms with Gasteiger partial charge in [0.15, 0.2) is 0 Å². The number of rotatable bonds is 3. The SMILES string of the molecule is c1ccc(-c2c3c(nc([C@H]4CCCO4)c2-c2nn[nH]n2)CCCCC3)cc1. The predicted molar refractivity (Wildman–Crippen MR) is 102 cm³/mol. The molecule has 0 bridgehead atoms. The predicted octanol–water partition coefficient (Wildman–Crippen LogP) is 4.05. The Hall–Kier alpha value is -2.60. The van der Waals surface area contributed by atoms with E-state index in [0.29, 0.717) is 5.82 Å². The topological polar surface area (TPSA) is 76.6 Å². The van der Waals surface area contributed by atoms with Crippen molar-refractivity contribution in [1.29, 1.82) is 0 Å². The van der Waals surface area contributed by atoms with Crippen molar-refractivity contribution < 1.29 is 4.74 Å². The van der Waals surface area contributed by atoms with Crippen LogP contribution < -0.4 is 0 Å². The molecule has 0 amide bonds. The normalized spacial score (nSPS) is 19.6. The number of ether oxygens (including phenoxy) is 1. The van der Waals surface area contributed by atoms with Gasteiger partial charge < -0.3 is 4.74 Å². The quantitative estimate of drug-likeness (QED) is 0.712. The third-order valence-corrected chi connectivity index (χ3v) is 5.62. The highest BCUT2D eigenvalue weighted by molar-refractivity contribution is 5.85. The Morgan fingerprint density at radius 1 is 0.963 bits per heavy atom. The molecule has 1 aliphatic heterocycles. The molecule has 1 aliphatic carbocycles. The maximum Gasteiger partial charge on any atom is 0.207 e. The number of pyridine rings is 1. The molecule has 0 saturated carbocycles. The van der Waals surface area contributed by atoms with Gasteiger partial charge in [-0.3, -0.25) is 4.98 Å². The highest BCUT2D eigenvalue weighted by atomic mass is 16.5. The number of tetrazole rings is 1. The van der Waals surface area contributed by atoms with E-state index in [-0.39, 0.29) is 6.10 Å². The summed E-state index contributed by atoms with van der Waals surface area (Å²) < 4.78 is 6.04. The number of hydrogen-bond donors (Lipinski definition) is 1. The van der Waals surface area contributed by atoms with E-state index >= 15 is 0 Å². The lowest BCUT2D eigenvalue weighted by molar-refractivity contribution is 0.109. The van der Waals surface area contributed by atoms with Crippen LogP contribution in [0.5, 0.6) is 0 Å². The molecule has 6 nitrogen and oxygen atoms in total. The van der Waals surface area contributed by atoms with Crippen molar-refractivity contribution in [3.63, 3.8) is 0 Å². The second kappa shape index (κ2) is 7.19. The molecule has 3 heterocycles. The summed E-state index contributed by atoms with van der Waals surface area (Å²) in [5.41, 5.74) is 6.95. The molecule has 1 N–H and O–H groups in total. The van der Waals surface area contributed by atoms with Crippen LogP contribution in [-0.2, 0) is 17.6 Å². The van der Waals surface area contributed by atoms with Gasteiger partial charge in [-0.25, -0.2) is 0 Å². The van der Waals surface area contributed by atoms with E-state index in [2.05, 4.69) is 51.0 Å². The van der Waals surface area contributed by atoms with E-state index < -0.39 is 0 Å². The third kappa shape index (κ3) is 3.04. The van der Waals surface area contributed by atoms with Gasteiger partial charge in [0, 0.05) is 12.3 Å². The minimum absolute atomic E-state index is 0.00881. The third-order valence-electron chi connectivity index (χ3n) is 5.62. The average molecular weight is 361 g/mol. The fourth-order valence-corrected chi connectivity index (χ4v) is 4.38. The number of hydrogen-bond acceptors (Lipinski definition) is 5. The monoisotopic (exact) mass is 361 g/mol. The Balaban J connectivity index is 1.83. The largest absolute Gasteiger partial charge is 0.372 e. The number of nitrogens with one attached hydrogen (secondary N) is 1. The summed E-state index contributed by atoms with van der Waals surface area (Å²) in [6, 6.07) is 10.6. The van der Waals surface area contributed by atoms with Crippen molar-refractivity contribution in [3.05, 3.63) is 47.3 Å². The number of benzene rings is 1. The van der Waals surface area contributed by atoms with Gasteiger partial charge in [0.05, 0.1) is 11.3 Å². The van der Waals surface area contributed by atoms with Crippen LogP contribution in [0.4, 0.5) is 0 Å². The fraction of sp³-hybridized carbons (Fsp3) is 0.429. The first kappa shape index (κ1) is 16.6. The number of aryl methyl sites for hydroxylation is 1. The van der Waals surface area contributed by atoms with Gasteiger partial charge in [-0.05, 0) is 60.4 Å². The maximum absolute atomic E-state index is 6.04. The van der Waals surface area contributed by atoms with E-state index in [4.69, 9.17) is 9.72 Å². The molecule has 3 aromatic rings. The molecule has 27 heavy (non-hydrogen) atoms. The van der Waals surface area contributed by atoms with E-state index in [1.165, 1.54) is 41.6 Å². The zero-order valence-electron chi connectivity index (χ0n) is 15.3. The van der Waals surface area contributed by atoms with Gasteiger partial charge in [0.1, 0.15) is 6.10 Å². The smallest absolute Gasteiger partial charge is 0.207 e. The van der Waals surface area contributed by atoms with Crippen LogP contribution in [0.1, 0.15) is 55.2 Å². The first-order valence-corrected chi connectivity index (χ1v) is 9.88. The number of aromatic nitrogens is 5. The van der Waals surface area contributed by atoms with Crippen molar-refractivity contribution in [2.45, 2.75) is 51.0 Å². The van der Waals surface area contributed by atoms with Crippen molar-refractivity contribution >= 4 is 0 Å². The summed E-state index contributed by atoms with van der Waals surface area (Å²) in [5.74, 6) is 0.610. The second-order valence-corrected chi connectivity index (χ2v) is 7.34. The molecular formula is C21H23N5O. The van der Waals surface area contributed by atoms with E-state index in [9.17, 15) is 0 Å². The van der Waals surface area contributed by atoms with Gasteiger partial charge in [0.2, 0.25) is 5.82 Å². The van der Waals surface area contributed by atoms with Crippen molar-refractivity contribution in [2.24, 2.45) is 0 Å². The van der Waals surface area contributed by atoms with Gasteiger partial charge in [0.25, 0.3) is 0 Å². The Bertz CT molecular complexity index is 917. The Morgan fingerprint density at radius 3 is 2.63 bits per heavy atom. The minimum Gasteiger partial charge on any atom is -0.372 e. The van der Waals surface area contributed by atoms with Crippen molar-refractivity contribution in [2.75, 3.05) is 6.61 Å². The van der Waals surface area contributed by atoms with Crippen LogP contribution in [0.3, 0.4) is 0 Å². The first-order chi connectivity index (χ1) is 13.4. The van der Waals surface area contributed by atoms with Crippen LogP contribution in [0, 0.1) is 0 Å². The van der Waals surface area contributed by atoms with E-state index in [1.54, 1.807) is 0 Å². The van der Waals surface area contributed by atoms with Crippen LogP contribution in [-0.4, -0.2) is 32.2 Å². The zero-order chi connectivity index (χ0) is 18.1. The summed E-state index contributed by atoms with van der Waals surface area (Å²) in [6.07, 6.45) is 7.78. The maximum atomic E-state index is 6.04. The number of fused-ring (bicyclic) bond motifs is 1. The van der Waals surface area contributed by atoms with Gasteiger partial charge >= 0.3 is 0 Å². The van der Waals surface area contributed by atoms with Gasteiger partial charge in [-0.2, -0.15) is 5.21 Å². The molecule has 0 spiro atoms. The second-order valence-electron chi connectivity index (χ2n) is 7.34. The molecule has 1 atom stereocenters. The van der Waals surface area contributed by atoms with E-state index in [1.807, 2.05) is 0 Å². The van der Waals surface area contributed by atoms with Crippen LogP contribution in [0.15, 0.2) is 30.3 Å². The lowest BCUT2D eigenvalue weighted by atomic mass is 9.88. The summed E-state index contributed by atoms with van der Waals surface area (Å²) in [7, 11) is 0. The molecular weight excluding hydrogens is 338 g/mol. The molecule has 2 aliphatic rings. The lowest BCUT2D eigenvalue weighted by Crippen LogP contribution is -2.11. The van der Waals surface area contributed by atoms with E-state index in [0.717, 1.165) is 43.5 Å². The number of nitrogens with zero attached hydrogens (tertiary/aromatic N) is 4. The average Bonchev–Trinajstić information content (AvgIpc) is 3.38. The van der Waals surface area contributed by atoms with Crippen molar-refractivity contribution in [1.82, 2.24) is 25.6 Å². The van der Waals surface area contributed by atoms with Crippen LogP contribution in [0.25, 0.3) is 22.5 Å². The summed E-state index contributed by atoms with van der Waals surface area (Å²) in [6.45, 7) is 0.787. The summed E-state index contributed by atoms with van der Waals surface area (Å²) >= 11 is 0. The van der Waals surface area contributed by atoms with Gasteiger partial charge in [-0.15, -0.1) is 10.2 Å².